The van der Waals surface area contributed by atoms with Gasteiger partial charge in [0.05, 0.1) is 6.42 Å². The summed E-state index contributed by atoms with van der Waals surface area (Å²) in [5.41, 5.74) is 1.05. The summed E-state index contributed by atoms with van der Waals surface area (Å²) in [7, 11) is 0. The van der Waals surface area contributed by atoms with Crippen LogP contribution in [-0.4, -0.2) is 16.9 Å². The minimum Gasteiger partial charge on any atom is -0.356 e. The summed E-state index contributed by atoms with van der Waals surface area (Å²) in [4.78, 5) is 11.5. The molecule has 0 aliphatic heterocycles. The van der Waals surface area contributed by atoms with Crippen LogP contribution in [0.2, 0.25) is 0 Å². The molecule has 0 bridgehead atoms. The van der Waals surface area contributed by atoms with Gasteiger partial charge >= 0.3 is 0 Å². The fourth-order valence-electron chi connectivity index (χ4n) is 1.30. The van der Waals surface area contributed by atoms with Gasteiger partial charge in [0.15, 0.2) is 0 Å². The van der Waals surface area contributed by atoms with Crippen molar-refractivity contribution in [3.05, 3.63) is 34.3 Å². The molecule has 0 fully saturated rings. The van der Waals surface area contributed by atoms with E-state index in [0.717, 1.165) is 27.4 Å². The third kappa shape index (κ3) is 5.84. The Labute approximate surface area is 118 Å². The van der Waals surface area contributed by atoms with Gasteiger partial charge < -0.3 is 5.32 Å². The smallest absolute Gasteiger partial charge is 0.224 e. The summed E-state index contributed by atoms with van der Waals surface area (Å²) in [6, 6.07) is 7.85. The molecule has 0 radical (unpaired) electrons. The van der Waals surface area contributed by atoms with E-state index in [9.17, 15) is 4.79 Å². The van der Waals surface area contributed by atoms with Crippen molar-refractivity contribution < 1.29 is 4.79 Å². The van der Waals surface area contributed by atoms with Crippen molar-refractivity contribution in [2.24, 2.45) is 0 Å². The number of hydrogen-bond donors (Lipinski definition) is 1. The topological polar surface area (TPSA) is 29.1 Å². The molecule has 1 aromatic rings. The SMILES string of the molecule is O=C(Cc1ccc(Br)cc1)NCCCCI. The van der Waals surface area contributed by atoms with Crippen LogP contribution in [0.1, 0.15) is 18.4 Å². The zero-order valence-corrected chi connectivity index (χ0v) is 12.8. The Kier molecular flexibility index (Phi) is 7.03. The van der Waals surface area contributed by atoms with Gasteiger partial charge in [-0.3, -0.25) is 4.79 Å². The molecule has 1 N–H and O–H groups in total. The molecular weight excluding hydrogens is 381 g/mol. The lowest BCUT2D eigenvalue weighted by molar-refractivity contribution is -0.120. The van der Waals surface area contributed by atoms with E-state index in [1.54, 1.807) is 0 Å². The lowest BCUT2D eigenvalue weighted by atomic mass is 10.1. The van der Waals surface area contributed by atoms with Crippen molar-refractivity contribution >= 4 is 44.4 Å². The van der Waals surface area contributed by atoms with Crippen LogP contribution in [0.4, 0.5) is 0 Å². The van der Waals surface area contributed by atoms with E-state index >= 15 is 0 Å². The molecule has 16 heavy (non-hydrogen) atoms. The minimum atomic E-state index is 0.107. The van der Waals surface area contributed by atoms with E-state index in [2.05, 4.69) is 43.8 Å². The summed E-state index contributed by atoms with van der Waals surface area (Å²) in [5.74, 6) is 0.107. The molecule has 0 aliphatic rings. The molecule has 0 aromatic heterocycles. The summed E-state index contributed by atoms with van der Waals surface area (Å²) < 4.78 is 2.19. The van der Waals surface area contributed by atoms with Gasteiger partial charge in [0, 0.05) is 11.0 Å². The van der Waals surface area contributed by atoms with E-state index in [-0.39, 0.29) is 5.91 Å². The van der Waals surface area contributed by atoms with Gasteiger partial charge in [-0.2, -0.15) is 0 Å². The summed E-state index contributed by atoms with van der Waals surface area (Å²) in [6.07, 6.45) is 2.70. The number of rotatable bonds is 6. The molecule has 0 unspecified atom stereocenters. The number of benzene rings is 1. The largest absolute Gasteiger partial charge is 0.356 e. The summed E-state index contributed by atoms with van der Waals surface area (Å²) >= 11 is 5.72. The number of hydrogen-bond acceptors (Lipinski definition) is 1. The standard InChI is InChI=1S/C12H15BrINO/c13-11-5-3-10(4-6-11)9-12(16)15-8-2-1-7-14/h3-6H,1-2,7-9H2,(H,15,16). The average molecular weight is 396 g/mol. The molecule has 0 atom stereocenters. The molecule has 1 aromatic carbocycles. The fourth-order valence-corrected chi connectivity index (χ4v) is 2.10. The molecule has 0 saturated heterocycles. The first-order valence-electron chi connectivity index (χ1n) is 5.29. The quantitative estimate of drug-likeness (QED) is 0.446. The third-order valence-corrected chi connectivity index (χ3v) is 3.45. The second kappa shape index (κ2) is 8.06. The van der Waals surface area contributed by atoms with Gasteiger partial charge in [-0.15, -0.1) is 0 Å². The predicted octanol–water partition coefficient (Wildman–Crippen LogP) is 3.32. The number of nitrogens with one attached hydrogen (secondary N) is 1. The molecule has 4 heteroatoms. The van der Waals surface area contributed by atoms with Gasteiger partial charge in [-0.1, -0.05) is 50.7 Å². The zero-order valence-electron chi connectivity index (χ0n) is 9.01. The zero-order chi connectivity index (χ0) is 11.8. The van der Waals surface area contributed by atoms with Gasteiger partial charge in [-0.05, 0) is 35.0 Å². The van der Waals surface area contributed by atoms with Gasteiger partial charge in [-0.25, -0.2) is 0 Å². The Balaban J connectivity index is 2.26. The van der Waals surface area contributed by atoms with E-state index in [1.807, 2.05) is 24.3 Å². The number of carbonyl (C=O) groups is 1. The molecule has 88 valence electrons. The normalized spacial score (nSPS) is 10.1. The first-order chi connectivity index (χ1) is 7.72. The highest BCUT2D eigenvalue weighted by Crippen LogP contribution is 2.10. The third-order valence-electron chi connectivity index (χ3n) is 2.16. The average Bonchev–Trinajstić information content (AvgIpc) is 2.28. The van der Waals surface area contributed by atoms with Gasteiger partial charge in [0.25, 0.3) is 0 Å². The van der Waals surface area contributed by atoms with E-state index in [4.69, 9.17) is 0 Å². The van der Waals surface area contributed by atoms with Crippen LogP contribution in [0.5, 0.6) is 0 Å². The first kappa shape index (κ1) is 14.0. The first-order valence-corrected chi connectivity index (χ1v) is 7.61. The van der Waals surface area contributed by atoms with E-state index in [1.165, 1.54) is 6.42 Å². The lowest BCUT2D eigenvalue weighted by Crippen LogP contribution is -2.26. The van der Waals surface area contributed by atoms with Crippen LogP contribution in [0, 0.1) is 0 Å². The van der Waals surface area contributed by atoms with Crippen LogP contribution < -0.4 is 5.32 Å². The highest BCUT2D eigenvalue weighted by atomic mass is 127. The Hall–Kier alpha value is -0.100. The van der Waals surface area contributed by atoms with E-state index < -0.39 is 0 Å². The van der Waals surface area contributed by atoms with Crippen molar-refractivity contribution in [1.82, 2.24) is 5.32 Å². The van der Waals surface area contributed by atoms with Crippen molar-refractivity contribution in [1.29, 1.82) is 0 Å². The Morgan fingerprint density at radius 3 is 2.56 bits per heavy atom. The summed E-state index contributed by atoms with van der Waals surface area (Å²) in [5, 5.41) is 2.93. The highest BCUT2D eigenvalue weighted by Gasteiger charge is 2.02. The highest BCUT2D eigenvalue weighted by molar-refractivity contribution is 14.1. The Morgan fingerprint density at radius 2 is 1.94 bits per heavy atom. The Bertz CT molecular complexity index is 326. The van der Waals surface area contributed by atoms with Gasteiger partial charge in [0.2, 0.25) is 5.91 Å². The molecule has 1 rings (SSSR count). The second-order valence-corrected chi connectivity index (χ2v) is 5.54. The van der Waals surface area contributed by atoms with Crippen LogP contribution in [0.15, 0.2) is 28.7 Å². The molecule has 0 spiro atoms. The van der Waals surface area contributed by atoms with Crippen molar-refractivity contribution in [2.45, 2.75) is 19.3 Å². The van der Waals surface area contributed by atoms with Crippen LogP contribution in [0.3, 0.4) is 0 Å². The fraction of sp³-hybridized carbons (Fsp3) is 0.417. The van der Waals surface area contributed by atoms with Gasteiger partial charge in [0.1, 0.15) is 0 Å². The minimum absolute atomic E-state index is 0.107. The molecule has 2 nitrogen and oxygen atoms in total. The maximum atomic E-state index is 11.5. The molecule has 0 aliphatic carbocycles. The second-order valence-electron chi connectivity index (χ2n) is 3.55. The number of alkyl halides is 1. The van der Waals surface area contributed by atoms with Crippen molar-refractivity contribution in [3.63, 3.8) is 0 Å². The number of halogens is 2. The molecule has 0 saturated carbocycles. The number of carbonyl (C=O) groups excluding carboxylic acids is 1. The maximum Gasteiger partial charge on any atom is 0.224 e. The van der Waals surface area contributed by atoms with E-state index in [0.29, 0.717) is 6.42 Å². The predicted molar refractivity (Wildman–Crippen MR) is 79.0 cm³/mol. The van der Waals surface area contributed by atoms with Crippen molar-refractivity contribution in [3.8, 4) is 0 Å². The lowest BCUT2D eigenvalue weighted by Gasteiger charge is -2.04. The Morgan fingerprint density at radius 1 is 1.25 bits per heavy atom. The monoisotopic (exact) mass is 395 g/mol. The summed E-state index contributed by atoms with van der Waals surface area (Å²) in [6.45, 7) is 0.790. The van der Waals surface area contributed by atoms with Crippen LogP contribution >= 0.6 is 38.5 Å². The maximum absolute atomic E-state index is 11.5. The van der Waals surface area contributed by atoms with Crippen LogP contribution in [-0.2, 0) is 11.2 Å². The van der Waals surface area contributed by atoms with Crippen LogP contribution in [0.25, 0.3) is 0 Å². The number of amides is 1. The molecule has 1 amide bonds. The van der Waals surface area contributed by atoms with Crippen molar-refractivity contribution in [2.75, 3.05) is 11.0 Å². The molecule has 0 heterocycles. The molecular formula is C12H15BrINO. The number of unbranched alkanes of at least 4 members (excludes halogenated alkanes) is 1.